The summed E-state index contributed by atoms with van der Waals surface area (Å²) in [5, 5.41) is 8.80. The number of benzene rings is 2. The van der Waals surface area contributed by atoms with E-state index >= 15 is 0 Å². The van der Waals surface area contributed by atoms with Crippen LogP contribution in [0.4, 0.5) is 0 Å². The lowest BCUT2D eigenvalue weighted by Gasteiger charge is -2.07. The molecule has 5 nitrogen and oxygen atoms in total. The number of allylic oxidation sites excluding steroid dienone is 1. The van der Waals surface area contributed by atoms with E-state index in [1.54, 1.807) is 60.6 Å². The second kappa shape index (κ2) is 7.88. The van der Waals surface area contributed by atoms with Crippen LogP contribution in [-0.2, 0) is 22.1 Å². The molecule has 0 unspecified atom stereocenters. The Hall–Kier alpha value is -2.38. The maximum atomic E-state index is 12.7. The first-order chi connectivity index (χ1) is 12.5. The maximum absolute atomic E-state index is 12.7. The number of thioether (sulfide) groups is 1. The van der Waals surface area contributed by atoms with E-state index in [2.05, 4.69) is 16.8 Å². The number of hydrogen-bond acceptors (Lipinski definition) is 5. The molecule has 7 heteroatoms. The molecule has 0 radical (unpaired) electrons. The van der Waals surface area contributed by atoms with Crippen molar-refractivity contribution < 1.29 is 8.42 Å². The molecule has 0 saturated heterocycles. The van der Waals surface area contributed by atoms with E-state index in [1.165, 1.54) is 0 Å². The molecule has 0 aliphatic heterocycles. The summed E-state index contributed by atoms with van der Waals surface area (Å²) >= 11 is 1.55. The van der Waals surface area contributed by atoms with Crippen molar-refractivity contribution in [3.8, 4) is 0 Å². The van der Waals surface area contributed by atoms with Crippen molar-refractivity contribution in [2.45, 2.75) is 34.2 Å². The van der Waals surface area contributed by atoms with Crippen molar-refractivity contribution in [2.75, 3.05) is 0 Å². The fraction of sp³-hybridized carbons (Fsp3) is 0.158. The number of sulfone groups is 1. The van der Waals surface area contributed by atoms with Gasteiger partial charge in [0.2, 0.25) is 9.84 Å². The third-order valence-electron chi connectivity index (χ3n) is 3.84. The van der Waals surface area contributed by atoms with Gasteiger partial charge in [-0.2, -0.15) is 0 Å². The van der Waals surface area contributed by atoms with Crippen LogP contribution in [0.5, 0.6) is 0 Å². The summed E-state index contributed by atoms with van der Waals surface area (Å²) in [5.74, 6) is 0.681. The highest BCUT2D eigenvalue weighted by Crippen LogP contribution is 2.24. The summed E-state index contributed by atoms with van der Waals surface area (Å²) in [7, 11) is -3.49. The van der Waals surface area contributed by atoms with Gasteiger partial charge in [0.1, 0.15) is 6.33 Å². The van der Waals surface area contributed by atoms with Crippen molar-refractivity contribution >= 4 is 21.6 Å². The van der Waals surface area contributed by atoms with Crippen LogP contribution < -0.4 is 0 Å². The van der Waals surface area contributed by atoms with Crippen LogP contribution in [0.25, 0.3) is 0 Å². The fourth-order valence-electron chi connectivity index (χ4n) is 2.39. The third-order valence-corrected chi connectivity index (χ3v) is 6.68. The van der Waals surface area contributed by atoms with Crippen LogP contribution >= 0.6 is 11.8 Å². The lowest BCUT2D eigenvalue weighted by molar-refractivity contribution is 0.596. The average Bonchev–Trinajstić information content (AvgIpc) is 3.08. The van der Waals surface area contributed by atoms with Gasteiger partial charge in [-0.15, -0.1) is 16.8 Å². The minimum Gasteiger partial charge on any atom is -0.305 e. The van der Waals surface area contributed by atoms with Crippen molar-refractivity contribution in [2.24, 2.45) is 0 Å². The molecule has 26 heavy (non-hydrogen) atoms. The SMILES string of the molecule is C=CCn1cnnc1SCc1ccc(S(=O)(=O)c2ccc(C)cc2)cc1. The molecule has 0 N–H and O–H groups in total. The molecule has 134 valence electrons. The Balaban J connectivity index is 1.73. The molecule has 0 bridgehead atoms. The molecule has 0 saturated carbocycles. The van der Waals surface area contributed by atoms with Gasteiger partial charge < -0.3 is 4.57 Å². The molecule has 0 aliphatic rings. The number of nitrogens with zero attached hydrogens (tertiary/aromatic N) is 3. The van der Waals surface area contributed by atoms with Crippen LogP contribution in [0.15, 0.2) is 82.5 Å². The van der Waals surface area contributed by atoms with Crippen molar-refractivity contribution in [3.63, 3.8) is 0 Å². The van der Waals surface area contributed by atoms with Gasteiger partial charge in [-0.05, 0) is 36.8 Å². The van der Waals surface area contributed by atoms with Gasteiger partial charge in [-0.3, -0.25) is 0 Å². The molecule has 0 spiro atoms. The van der Waals surface area contributed by atoms with E-state index < -0.39 is 9.84 Å². The van der Waals surface area contributed by atoms with Gasteiger partial charge in [-0.25, -0.2) is 8.42 Å². The summed E-state index contributed by atoms with van der Waals surface area (Å²) in [4.78, 5) is 0.604. The lowest BCUT2D eigenvalue weighted by atomic mass is 10.2. The molecule has 0 amide bonds. The second-order valence-electron chi connectivity index (χ2n) is 5.80. The van der Waals surface area contributed by atoms with Gasteiger partial charge >= 0.3 is 0 Å². The van der Waals surface area contributed by atoms with Gasteiger partial charge in [0, 0.05) is 12.3 Å². The molecule has 1 aromatic heterocycles. The highest BCUT2D eigenvalue weighted by molar-refractivity contribution is 7.98. The zero-order valence-corrected chi connectivity index (χ0v) is 16.0. The van der Waals surface area contributed by atoms with Crippen molar-refractivity contribution in [1.29, 1.82) is 0 Å². The van der Waals surface area contributed by atoms with Gasteiger partial charge in [0.25, 0.3) is 0 Å². The van der Waals surface area contributed by atoms with E-state index in [9.17, 15) is 8.42 Å². The minimum atomic E-state index is -3.49. The zero-order valence-electron chi connectivity index (χ0n) is 14.4. The molecule has 3 aromatic rings. The largest absolute Gasteiger partial charge is 0.305 e. The van der Waals surface area contributed by atoms with Gasteiger partial charge in [0.05, 0.1) is 9.79 Å². The fourth-order valence-corrected chi connectivity index (χ4v) is 4.53. The first kappa shape index (κ1) is 18.4. The van der Waals surface area contributed by atoms with E-state index in [1.807, 2.05) is 23.6 Å². The standard InChI is InChI=1S/C19H19N3O2S2/c1-3-12-22-14-20-21-19(22)25-13-16-6-10-18(11-7-16)26(23,24)17-8-4-15(2)5-9-17/h3-11,14H,1,12-13H2,2H3. The van der Waals surface area contributed by atoms with Crippen LogP contribution in [-0.4, -0.2) is 23.2 Å². The number of aryl methyl sites for hydroxylation is 1. The van der Waals surface area contributed by atoms with Gasteiger partial charge in [-0.1, -0.05) is 47.7 Å². The molecular weight excluding hydrogens is 366 g/mol. The van der Waals surface area contributed by atoms with E-state index in [-0.39, 0.29) is 0 Å². The van der Waals surface area contributed by atoms with Crippen LogP contribution in [0, 0.1) is 6.92 Å². The lowest BCUT2D eigenvalue weighted by Crippen LogP contribution is -2.02. The van der Waals surface area contributed by atoms with Crippen LogP contribution in [0.3, 0.4) is 0 Å². The predicted octanol–water partition coefficient (Wildman–Crippen LogP) is 3.90. The summed E-state index contributed by atoms with van der Waals surface area (Å²) in [6, 6.07) is 13.9. The van der Waals surface area contributed by atoms with Crippen LogP contribution in [0.2, 0.25) is 0 Å². The quantitative estimate of drug-likeness (QED) is 0.456. The number of rotatable bonds is 7. The summed E-state index contributed by atoms with van der Waals surface area (Å²) in [6.07, 6.45) is 3.46. The average molecular weight is 386 g/mol. The Morgan fingerprint density at radius 1 is 1.08 bits per heavy atom. The van der Waals surface area contributed by atoms with Crippen LogP contribution in [0.1, 0.15) is 11.1 Å². The summed E-state index contributed by atoms with van der Waals surface area (Å²) in [6.45, 7) is 6.30. The van der Waals surface area contributed by atoms with E-state index in [0.29, 0.717) is 22.1 Å². The van der Waals surface area contributed by atoms with E-state index in [4.69, 9.17) is 0 Å². The van der Waals surface area contributed by atoms with Crippen molar-refractivity contribution in [3.05, 3.63) is 78.6 Å². The molecule has 0 aliphatic carbocycles. The second-order valence-corrected chi connectivity index (χ2v) is 8.70. The number of hydrogen-bond donors (Lipinski definition) is 0. The predicted molar refractivity (Wildman–Crippen MR) is 103 cm³/mol. The van der Waals surface area contributed by atoms with Gasteiger partial charge in [0.15, 0.2) is 5.16 Å². The number of aromatic nitrogens is 3. The van der Waals surface area contributed by atoms with E-state index in [0.717, 1.165) is 16.3 Å². The Bertz CT molecular complexity index is 992. The molecule has 2 aromatic carbocycles. The highest BCUT2D eigenvalue weighted by Gasteiger charge is 2.17. The third kappa shape index (κ3) is 4.05. The molecule has 0 atom stereocenters. The van der Waals surface area contributed by atoms with Crippen molar-refractivity contribution in [1.82, 2.24) is 14.8 Å². The Morgan fingerprint density at radius 3 is 2.31 bits per heavy atom. The Kier molecular flexibility index (Phi) is 5.58. The maximum Gasteiger partial charge on any atom is 0.206 e. The molecule has 1 heterocycles. The first-order valence-corrected chi connectivity index (χ1v) is 10.5. The molecule has 0 fully saturated rings. The normalized spacial score (nSPS) is 11.4. The highest BCUT2D eigenvalue weighted by atomic mass is 32.2. The Morgan fingerprint density at radius 2 is 1.69 bits per heavy atom. The topological polar surface area (TPSA) is 64.8 Å². The summed E-state index contributed by atoms with van der Waals surface area (Å²) in [5.41, 5.74) is 2.05. The minimum absolute atomic E-state index is 0.296. The first-order valence-electron chi connectivity index (χ1n) is 8.03. The smallest absolute Gasteiger partial charge is 0.206 e. The molecule has 3 rings (SSSR count). The summed E-state index contributed by atoms with van der Waals surface area (Å²) < 4.78 is 27.3. The zero-order chi connectivity index (χ0) is 18.6. The molecular formula is C19H19N3O2S2. The Labute approximate surface area is 157 Å². The monoisotopic (exact) mass is 385 g/mol.